The second-order valence-electron chi connectivity index (χ2n) is 5.74. The lowest BCUT2D eigenvalue weighted by Gasteiger charge is -2.23. The molecule has 2 aromatic heterocycles. The van der Waals surface area contributed by atoms with Crippen molar-refractivity contribution in [1.29, 1.82) is 0 Å². The molecule has 0 fully saturated rings. The highest BCUT2D eigenvalue weighted by molar-refractivity contribution is 5.92. The number of aromatic nitrogens is 3. The van der Waals surface area contributed by atoms with Gasteiger partial charge in [-0.1, -0.05) is 6.07 Å². The van der Waals surface area contributed by atoms with Gasteiger partial charge in [0.15, 0.2) is 0 Å². The normalized spacial score (nSPS) is 14.2. The molecule has 3 rings (SSSR count). The number of hydrogen-bond donors (Lipinski definition) is 0. The third-order valence-corrected chi connectivity index (χ3v) is 4.02. The van der Waals surface area contributed by atoms with E-state index >= 15 is 0 Å². The van der Waals surface area contributed by atoms with Gasteiger partial charge in [0.2, 0.25) is 0 Å². The molecule has 0 radical (unpaired) electrons. The van der Waals surface area contributed by atoms with Crippen LogP contribution in [0.3, 0.4) is 0 Å². The van der Waals surface area contributed by atoms with Crippen molar-refractivity contribution in [2.45, 2.75) is 13.5 Å². The summed E-state index contributed by atoms with van der Waals surface area (Å²) >= 11 is 0. The van der Waals surface area contributed by atoms with E-state index in [0.717, 1.165) is 23.6 Å². The molecule has 1 amide bonds. The molecule has 0 bridgehead atoms. The zero-order valence-corrected chi connectivity index (χ0v) is 14.0. The second-order valence-corrected chi connectivity index (χ2v) is 5.74. The number of amides is 1. The fourth-order valence-corrected chi connectivity index (χ4v) is 2.73. The highest BCUT2D eigenvalue weighted by atomic mass is 16.5. The van der Waals surface area contributed by atoms with E-state index in [-0.39, 0.29) is 5.91 Å². The van der Waals surface area contributed by atoms with Crippen LogP contribution in [0.25, 0.3) is 0 Å². The molecule has 1 aliphatic heterocycles. The molecule has 2 aromatic rings. The van der Waals surface area contributed by atoms with Crippen molar-refractivity contribution in [1.82, 2.24) is 19.9 Å². The van der Waals surface area contributed by atoms with Crippen LogP contribution >= 0.6 is 0 Å². The summed E-state index contributed by atoms with van der Waals surface area (Å²) in [6, 6.07) is 3.90. The molecule has 1 aliphatic rings. The third kappa shape index (κ3) is 3.51. The van der Waals surface area contributed by atoms with E-state index in [1.807, 2.05) is 19.1 Å². The number of ether oxygens (including phenoxy) is 1. The second kappa shape index (κ2) is 7.35. The number of carbonyl (C=O) groups excluding carboxylic acids is 1. The summed E-state index contributed by atoms with van der Waals surface area (Å²) in [5, 5.41) is 0. The van der Waals surface area contributed by atoms with E-state index in [9.17, 15) is 4.79 Å². The van der Waals surface area contributed by atoms with Crippen molar-refractivity contribution in [3.63, 3.8) is 0 Å². The first kappa shape index (κ1) is 16.3. The van der Waals surface area contributed by atoms with Crippen molar-refractivity contribution in [3.8, 4) is 0 Å². The Kier molecular flexibility index (Phi) is 5.00. The number of aryl methyl sites for hydroxylation is 1. The Hall–Kier alpha value is -2.54. The maximum absolute atomic E-state index is 12.8. The number of hydrogen-bond acceptors (Lipinski definition) is 6. The van der Waals surface area contributed by atoms with Gasteiger partial charge in [-0.15, -0.1) is 0 Å². The Bertz CT molecular complexity index is 704. The fourth-order valence-electron chi connectivity index (χ4n) is 2.73. The van der Waals surface area contributed by atoms with Crippen LogP contribution in [0.4, 0.5) is 5.82 Å². The van der Waals surface area contributed by atoms with E-state index in [2.05, 4.69) is 19.9 Å². The van der Waals surface area contributed by atoms with Gasteiger partial charge in [0.1, 0.15) is 11.5 Å². The lowest BCUT2D eigenvalue weighted by atomic mass is 10.2. The first-order valence-corrected chi connectivity index (χ1v) is 7.94. The average molecular weight is 327 g/mol. The molecular formula is C17H21N5O2. The Morgan fingerprint density at radius 3 is 2.88 bits per heavy atom. The van der Waals surface area contributed by atoms with Gasteiger partial charge in [-0.2, -0.15) is 0 Å². The summed E-state index contributed by atoms with van der Waals surface area (Å²) in [6.07, 6.45) is 4.93. The maximum atomic E-state index is 12.8. The number of methoxy groups -OCH3 is 1. The third-order valence-electron chi connectivity index (χ3n) is 4.02. The fraction of sp³-hybridized carbons (Fsp3) is 0.412. The molecule has 0 N–H and O–H groups in total. The standard InChI is InChI=1S/C17H21N5O2/c1-13-10-20-15(11-19-13)17(23)22-7-6-21(8-9-24-2)16-14(12-22)4-3-5-18-16/h3-5,10-11H,6-9,12H2,1-2H3. The summed E-state index contributed by atoms with van der Waals surface area (Å²) in [5.74, 6) is 0.811. The van der Waals surface area contributed by atoms with E-state index in [1.54, 1.807) is 24.4 Å². The molecule has 3 heterocycles. The van der Waals surface area contributed by atoms with Gasteiger partial charge in [0.25, 0.3) is 5.91 Å². The predicted molar refractivity (Wildman–Crippen MR) is 89.8 cm³/mol. The van der Waals surface area contributed by atoms with Crippen molar-refractivity contribution >= 4 is 11.7 Å². The summed E-state index contributed by atoms with van der Waals surface area (Å²) in [7, 11) is 1.68. The van der Waals surface area contributed by atoms with Gasteiger partial charge >= 0.3 is 0 Å². The lowest BCUT2D eigenvalue weighted by molar-refractivity contribution is 0.0744. The maximum Gasteiger partial charge on any atom is 0.274 e. The summed E-state index contributed by atoms with van der Waals surface area (Å²) in [6.45, 7) is 5.04. The number of rotatable bonds is 4. The molecule has 0 atom stereocenters. The number of anilines is 1. The van der Waals surface area contributed by atoms with E-state index in [0.29, 0.717) is 31.9 Å². The van der Waals surface area contributed by atoms with E-state index < -0.39 is 0 Å². The zero-order chi connectivity index (χ0) is 16.9. The summed E-state index contributed by atoms with van der Waals surface area (Å²) in [5.41, 5.74) is 2.19. The van der Waals surface area contributed by atoms with Crippen LogP contribution in [-0.4, -0.2) is 59.1 Å². The largest absolute Gasteiger partial charge is 0.383 e. The minimum atomic E-state index is -0.106. The van der Waals surface area contributed by atoms with Gasteiger partial charge in [0.05, 0.1) is 18.5 Å². The van der Waals surface area contributed by atoms with Gasteiger partial charge < -0.3 is 14.5 Å². The first-order valence-electron chi connectivity index (χ1n) is 7.94. The van der Waals surface area contributed by atoms with Crippen LogP contribution in [0.2, 0.25) is 0 Å². The van der Waals surface area contributed by atoms with Crippen LogP contribution in [0.15, 0.2) is 30.7 Å². The molecule has 24 heavy (non-hydrogen) atoms. The summed E-state index contributed by atoms with van der Waals surface area (Å²) < 4.78 is 5.19. The Morgan fingerprint density at radius 2 is 2.12 bits per heavy atom. The molecule has 0 saturated carbocycles. The Morgan fingerprint density at radius 1 is 1.25 bits per heavy atom. The SMILES string of the molecule is COCCN1CCN(C(=O)c2cnc(C)cn2)Cc2cccnc21. The number of pyridine rings is 1. The van der Waals surface area contributed by atoms with Crippen molar-refractivity contribution in [2.75, 3.05) is 38.3 Å². The van der Waals surface area contributed by atoms with Crippen LogP contribution in [0.5, 0.6) is 0 Å². The smallest absolute Gasteiger partial charge is 0.274 e. The topological polar surface area (TPSA) is 71.5 Å². The van der Waals surface area contributed by atoms with Gasteiger partial charge in [0, 0.05) is 51.2 Å². The molecule has 126 valence electrons. The molecule has 0 saturated heterocycles. The monoisotopic (exact) mass is 327 g/mol. The molecular weight excluding hydrogens is 306 g/mol. The number of nitrogens with zero attached hydrogens (tertiary/aromatic N) is 5. The molecule has 0 aromatic carbocycles. The zero-order valence-electron chi connectivity index (χ0n) is 14.0. The summed E-state index contributed by atoms with van der Waals surface area (Å²) in [4.78, 5) is 29.6. The van der Waals surface area contributed by atoms with Crippen molar-refractivity contribution < 1.29 is 9.53 Å². The van der Waals surface area contributed by atoms with Crippen LogP contribution in [0.1, 0.15) is 21.7 Å². The van der Waals surface area contributed by atoms with Gasteiger partial charge in [-0.25, -0.2) is 9.97 Å². The van der Waals surface area contributed by atoms with Crippen LogP contribution in [0, 0.1) is 6.92 Å². The van der Waals surface area contributed by atoms with Crippen LogP contribution < -0.4 is 4.90 Å². The van der Waals surface area contributed by atoms with Gasteiger partial charge in [-0.05, 0) is 13.0 Å². The van der Waals surface area contributed by atoms with E-state index in [4.69, 9.17) is 4.74 Å². The number of fused-ring (bicyclic) bond motifs is 1. The first-order chi connectivity index (χ1) is 11.7. The molecule has 0 spiro atoms. The van der Waals surface area contributed by atoms with Crippen LogP contribution in [-0.2, 0) is 11.3 Å². The molecule has 7 nitrogen and oxygen atoms in total. The average Bonchev–Trinajstić information content (AvgIpc) is 2.79. The van der Waals surface area contributed by atoms with E-state index in [1.165, 1.54) is 6.20 Å². The number of carbonyl (C=O) groups is 1. The quantitative estimate of drug-likeness (QED) is 0.843. The minimum absolute atomic E-state index is 0.106. The molecule has 7 heteroatoms. The Labute approximate surface area is 141 Å². The highest BCUT2D eigenvalue weighted by Crippen LogP contribution is 2.23. The minimum Gasteiger partial charge on any atom is -0.383 e. The lowest BCUT2D eigenvalue weighted by Crippen LogP contribution is -2.37. The molecule has 0 unspecified atom stereocenters. The van der Waals surface area contributed by atoms with Crippen molar-refractivity contribution in [2.24, 2.45) is 0 Å². The predicted octanol–water partition coefficient (Wildman–Crippen LogP) is 1.29. The Balaban J connectivity index is 1.83. The highest BCUT2D eigenvalue weighted by Gasteiger charge is 2.25. The van der Waals surface area contributed by atoms with Gasteiger partial charge in [-0.3, -0.25) is 9.78 Å². The van der Waals surface area contributed by atoms with Crippen molar-refractivity contribution in [3.05, 3.63) is 47.7 Å². The molecule has 0 aliphatic carbocycles.